The maximum atomic E-state index is 10.8. The Morgan fingerprint density at radius 2 is 1.61 bits per heavy atom. The lowest BCUT2D eigenvalue weighted by molar-refractivity contribution is -0.858. The lowest BCUT2D eigenvalue weighted by Gasteiger charge is -2.41. The van der Waals surface area contributed by atoms with Crippen LogP contribution < -0.4 is 4.90 Å². The molecule has 1 aromatic rings. The molecule has 0 saturated carbocycles. The van der Waals surface area contributed by atoms with E-state index in [-0.39, 0.29) is 5.41 Å². The van der Waals surface area contributed by atoms with Crippen LogP contribution in [0.1, 0.15) is 39.2 Å². The third-order valence-corrected chi connectivity index (χ3v) is 4.18. The average molecular weight is 250 g/mol. The zero-order valence-corrected chi connectivity index (χ0v) is 12.5. The van der Waals surface area contributed by atoms with Gasteiger partial charge in [-0.25, -0.2) is 0 Å². The van der Waals surface area contributed by atoms with Crippen LogP contribution in [-0.2, 0) is 5.41 Å². The van der Waals surface area contributed by atoms with Crippen molar-refractivity contribution in [1.82, 2.24) is 0 Å². The normalized spacial score (nSPS) is 15.7. The summed E-state index contributed by atoms with van der Waals surface area (Å²) in [7, 11) is 4.30. The van der Waals surface area contributed by atoms with Gasteiger partial charge in [0.15, 0.2) is 0 Å². The zero-order valence-electron chi connectivity index (χ0n) is 12.5. The maximum Gasteiger partial charge on any atom is 0.0767 e. The summed E-state index contributed by atoms with van der Waals surface area (Å²) in [6.45, 7) is 7.32. The maximum absolute atomic E-state index is 10.8. The minimum Gasteiger partial charge on any atom is -0.389 e. The smallest absolute Gasteiger partial charge is 0.0767 e. The highest BCUT2D eigenvalue weighted by Gasteiger charge is 2.40. The molecule has 0 unspecified atom stereocenters. The van der Waals surface area contributed by atoms with Crippen LogP contribution in [0.5, 0.6) is 0 Å². The number of hydrogen-bond acceptors (Lipinski definition) is 1. The summed E-state index contributed by atoms with van der Waals surface area (Å²) in [6.07, 6.45) is 1.88. The van der Waals surface area contributed by atoms with Crippen molar-refractivity contribution in [3.8, 4) is 0 Å². The van der Waals surface area contributed by atoms with Gasteiger partial charge in [0, 0.05) is 5.41 Å². The van der Waals surface area contributed by atoms with Crippen LogP contribution in [-0.4, -0.2) is 31.3 Å². The summed E-state index contributed by atoms with van der Waals surface area (Å²) in [5, 5.41) is 10.8. The number of benzene rings is 1. The molecule has 0 aromatic heterocycles. The van der Waals surface area contributed by atoms with Crippen molar-refractivity contribution in [1.29, 1.82) is 0 Å². The first kappa shape index (κ1) is 15.2. The monoisotopic (exact) mass is 250 g/mol. The second-order valence-electron chi connectivity index (χ2n) is 6.33. The van der Waals surface area contributed by atoms with Gasteiger partial charge in [-0.1, -0.05) is 44.2 Å². The highest BCUT2D eigenvalue weighted by atomic mass is 16.3. The average Bonchev–Trinajstić information content (AvgIpc) is 2.29. The Hall–Kier alpha value is -0.860. The van der Waals surface area contributed by atoms with Crippen LogP contribution in [0.15, 0.2) is 30.3 Å². The number of rotatable bonds is 6. The SMILES string of the molecule is C[NH+](C)CCC[C@](C)(O)C(C)(C)c1ccccc1. The van der Waals surface area contributed by atoms with E-state index in [1.54, 1.807) is 0 Å². The molecule has 102 valence electrons. The van der Waals surface area contributed by atoms with Gasteiger partial charge in [-0.15, -0.1) is 0 Å². The molecular formula is C16H28NO+. The van der Waals surface area contributed by atoms with Crippen molar-refractivity contribution in [2.24, 2.45) is 0 Å². The van der Waals surface area contributed by atoms with Crippen LogP contribution in [0.25, 0.3) is 0 Å². The van der Waals surface area contributed by atoms with Crippen molar-refractivity contribution in [3.63, 3.8) is 0 Å². The lowest BCUT2D eigenvalue weighted by atomic mass is 9.69. The molecule has 18 heavy (non-hydrogen) atoms. The zero-order chi connectivity index (χ0) is 13.8. The number of hydrogen-bond donors (Lipinski definition) is 2. The molecule has 0 aliphatic rings. The summed E-state index contributed by atoms with van der Waals surface area (Å²) in [6, 6.07) is 10.3. The summed E-state index contributed by atoms with van der Waals surface area (Å²) in [4.78, 5) is 1.43. The Labute approximate surface area is 112 Å². The van der Waals surface area contributed by atoms with E-state index in [1.165, 1.54) is 10.5 Å². The molecule has 0 aliphatic heterocycles. The third kappa shape index (κ3) is 3.56. The summed E-state index contributed by atoms with van der Waals surface area (Å²) < 4.78 is 0. The first-order valence-corrected chi connectivity index (χ1v) is 6.84. The fourth-order valence-electron chi connectivity index (χ4n) is 2.26. The summed E-state index contributed by atoms with van der Waals surface area (Å²) in [5.74, 6) is 0. The van der Waals surface area contributed by atoms with Gasteiger partial charge in [0.05, 0.1) is 26.2 Å². The van der Waals surface area contributed by atoms with Gasteiger partial charge in [-0.2, -0.15) is 0 Å². The minimum absolute atomic E-state index is 0.226. The summed E-state index contributed by atoms with van der Waals surface area (Å²) >= 11 is 0. The Morgan fingerprint density at radius 3 is 2.11 bits per heavy atom. The van der Waals surface area contributed by atoms with E-state index in [0.717, 1.165) is 19.4 Å². The third-order valence-electron chi connectivity index (χ3n) is 4.18. The fourth-order valence-corrected chi connectivity index (χ4v) is 2.26. The predicted octanol–water partition coefficient (Wildman–Crippen LogP) is 1.64. The molecule has 0 radical (unpaired) electrons. The molecule has 0 bridgehead atoms. The van der Waals surface area contributed by atoms with E-state index in [0.29, 0.717) is 0 Å². The predicted molar refractivity (Wildman–Crippen MR) is 77.0 cm³/mol. The molecule has 0 heterocycles. The van der Waals surface area contributed by atoms with Crippen LogP contribution in [0, 0.1) is 0 Å². The van der Waals surface area contributed by atoms with Crippen molar-refractivity contribution in [3.05, 3.63) is 35.9 Å². The standard InChI is InChI=1S/C16H27NO/c1-15(2,14-10-7-6-8-11-14)16(3,18)12-9-13-17(4)5/h6-8,10-11,18H,9,12-13H2,1-5H3/p+1/t16-/m0/s1. The molecular weight excluding hydrogens is 222 g/mol. The van der Waals surface area contributed by atoms with Gasteiger partial charge >= 0.3 is 0 Å². The van der Waals surface area contributed by atoms with Gasteiger partial charge in [0.2, 0.25) is 0 Å². The van der Waals surface area contributed by atoms with Crippen molar-refractivity contribution >= 4 is 0 Å². The first-order valence-electron chi connectivity index (χ1n) is 6.84. The summed E-state index contributed by atoms with van der Waals surface area (Å²) in [5.41, 5.74) is 0.298. The molecule has 0 fully saturated rings. The van der Waals surface area contributed by atoms with E-state index >= 15 is 0 Å². The van der Waals surface area contributed by atoms with Gasteiger partial charge in [-0.3, -0.25) is 0 Å². The largest absolute Gasteiger partial charge is 0.389 e. The van der Waals surface area contributed by atoms with Gasteiger partial charge in [0.25, 0.3) is 0 Å². The molecule has 0 saturated heterocycles. The molecule has 1 atom stereocenters. The molecule has 2 heteroatoms. The van der Waals surface area contributed by atoms with E-state index in [4.69, 9.17) is 0 Å². The Kier molecular flexibility index (Phi) is 4.94. The lowest BCUT2D eigenvalue weighted by Crippen LogP contribution is -3.05. The Bertz CT molecular complexity index is 355. The van der Waals surface area contributed by atoms with E-state index in [2.05, 4.69) is 40.1 Å². The molecule has 0 amide bonds. The highest BCUT2D eigenvalue weighted by Crippen LogP contribution is 2.37. The first-order chi connectivity index (χ1) is 8.27. The van der Waals surface area contributed by atoms with Crippen LogP contribution in [0.3, 0.4) is 0 Å². The van der Waals surface area contributed by atoms with Crippen molar-refractivity contribution in [2.75, 3.05) is 20.6 Å². The minimum atomic E-state index is -0.677. The number of aliphatic hydroxyl groups is 1. The highest BCUT2D eigenvalue weighted by molar-refractivity contribution is 5.27. The molecule has 1 rings (SSSR count). The second kappa shape index (κ2) is 5.85. The Balaban J connectivity index is 2.76. The quantitative estimate of drug-likeness (QED) is 0.788. The van der Waals surface area contributed by atoms with Gasteiger partial charge in [-0.05, 0) is 25.3 Å². The van der Waals surface area contributed by atoms with E-state index < -0.39 is 5.60 Å². The number of quaternary nitrogens is 1. The van der Waals surface area contributed by atoms with Gasteiger partial charge < -0.3 is 10.0 Å². The Morgan fingerprint density at radius 1 is 1.06 bits per heavy atom. The molecule has 2 nitrogen and oxygen atoms in total. The van der Waals surface area contributed by atoms with Crippen LogP contribution >= 0.6 is 0 Å². The fraction of sp³-hybridized carbons (Fsp3) is 0.625. The number of nitrogens with one attached hydrogen (secondary N) is 1. The van der Waals surface area contributed by atoms with Crippen molar-refractivity contribution in [2.45, 2.75) is 44.6 Å². The van der Waals surface area contributed by atoms with Crippen molar-refractivity contribution < 1.29 is 10.0 Å². The van der Waals surface area contributed by atoms with E-state index in [9.17, 15) is 5.11 Å². The second-order valence-corrected chi connectivity index (χ2v) is 6.33. The van der Waals surface area contributed by atoms with Gasteiger partial charge in [0.1, 0.15) is 0 Å². The van der Waals surface area contributed by atoms with Crippen LogP contribution in [0.2, 0.25) is 0 Å². The topological polar surface area (TPSA) is 24.7 Å². The molecule has 0 aliphatic carbocycles. The molecule has 1 aromatic carbocycles. The molecule has 2 N–H and O–H groups in total. The molecule has 0 spiro atoms. The van der Waals surface area contributed by atoms with E-state index in [1.807, 2.05) is 25.1 Å². The van der Waals surface area contributed by atoms with Crippen LogP contribution in [0.4, 0.5) is 0 Å².